The van der Waals surface area contributed by atoms with E-state index >= 15 is 0 Å². The summed E-state index contributed by atoms with van der Waals surface area (Å²) >= 11 is 21.5. The van der Waals surface area contributed by atoms with Crippen LogP contribution < -0.4 is 35.5 Å². The summed E-state index contributed by atoms with van der Waals surface area (Å²) in [5.41, 5.74) is 10.0. The molecule has 9 aromatic carbocycles. The van der Waals surface area contributed by atoms with Gasteiger partial charge in [-0.05, 0) is 211 Å². The number of aryl methyl sites for hydroxylation is 3. The highest BCUT2D eigenvalue weighted by atomic mass is 79.9. The first-order valence-electron chi connectivity index (χ1n) is 33.6. The van der Waals surface area contributed by atoms with Crippen molar-refractivity contribution in [3.05, 3.63) is 322 Å². The van der Waals surface area contributed by atoms with Gasteiger partial charge in [-0.25, -0.2) is 25.3 Å². The Balaban J connectivity index is 0.000000169. The molecule has 15 aromatic rings. The van der Waals surface area contributed by atoms with Gasteiger partial charge in [-0.15, -0.1) is 0 Å². The molecule has 1 atom stereocenters. The van der Waals surface area contributed by atoms with Crippen LogP contribution in [0.1, 0.15) is 41.2 Å². The predicted octanol–water partition coefficient (Wildman–Crippen LogP) is 17.2. The van der Waals surface area contributed by atoms with Crippen molar-refractivity contribution in [2.45, 2.75) is 60.1 Å². The minimum atomic E-state index is -3.67. The van der Waals surface area contributed by atoms with Crippen molar-refractivity contribution in [1.29, 1.82) is 0 Å². The SMILES string of the molecule is C.COc1cc(-c2cccc(Cl)c2)c(C)cc1-n1c(=O)ccc2cc(S(=O)(=O)Cc3ccon3)ccc21.COc1cc(-c2cccc(Cl)c2)c(C)cc1-n1c(=O)ccc2cc(S(=O)(=O)Cc3ccon3)ccc21.COc1cc(Br)c(C)cc1-n1c(=O)ccc2cc(S(=O)(=O)Cc3ccon3)ccc21.O[B]Oc1cccc(Cl)c1.P. The average Bonchev–Trinajstić information content (AvgIpc) is 1.31. The van der Waals surface area contributed by atoms with Crippen LogP contribution in [0, 0.1) is 20.8 Å². The summed E-state index contributed by atoms with van der Waals surface area (Å²) in [7, 11) is -5.73. The fourth-order valence-corrected chi connectivity index (χ4v) is 17.1. The van der Waals surface area contributed by atoms with Gasteiger partial charge in [-0.3, -0.25) is 28.1 Å². The zero-order valence-electron chi connectivity index (χ0n) is 60.8. The topological polar surface area (TPSA) is 304 Å². The number of rotatable bonds is 19. The normalized spacial score (nSPS) is 11.2. The number of pyridine rings is 3. The second kappa shape index (κ2) is 36.9. The second-order valence-electron chi connectivity index (χ2n) is 25.1. The fraction of sp³-hybridized carbons (Fsp3) is 0.122. The summed E-state index contributed by atoms with van der Waals surface area (Å²) in [5, 5.41) is 22.9. The number of benzene rings is 9. The van der Waals surface area contributed by atoms with Crippen molar-refractivity contribution in [1.82, 2.24) is 29.2 Å². The molecule has 15 rings (SSSR count). The molecule has 0 aliphatic carbocycles. The number of hydrogen-bond donors (Lipinski definition) is 1. The standard InChI is InChI=1S/2C27H21ClN2O5S.C21H17BrN2O5S.C6H5BClO2.CH4.H3P/c2*1-17-12-25(26(34-2)15-23(17)18-4-3-5-20(28)13-18)30-24-8-7-22(14-19(24)6-9-27(30)31)36(32,33)16-21-10-11-35-29-21;1-13-9-19(20(28-2)11-17(13)22)24-18-5-4-16(10-14(18)3-6-21(24)25)30(26,27)12-15-7-8-29-23-15;8-5-2-1-3-6(4-5)10-7-9;;/h2*3-15H,16H2,1-2H3;3-11H,12H2,1-2H3;1-4,9H;1H4;1H3. The highest BCUT2D eigenvalue weighted by Gasteiger charge is 2.25. The summed E-state index contributed by atoms with van der Waals surface area (Å²) in [5.74, 6) is 1.19. The van der Waals surface area contributed by atoms with E-state index in [1.807, 2.05) is 99.6 Å². The van der Waals surface area contributed by atoms with Gasteiger partial charge in [0.2, 0.25) is 0 Å². The summed E-state index contributed by atoms with van der Waals surface area (Å²) in [6, 6.07) is 60.6. The van der Waals surface area contributed by atoms with Crippen molar-refractivity contribution in [3.63, 3.8) is 0 Å². The number of ether oxygens (including phenoxy) is 3. The molecule has 23 nitrogen and oxygen atoms in total. The Morgan fingerprint density at radius 3 is 1.07 bits per heavy atom. The lowest BCUT2D eigenvalue weighted by molar-refractivity contribution is 0.412. The van der Waals surface area contributed by atoms with Crippen LogP contribution in [-0.2, 0) is 46.8 Å². The van der Waals surface area contributed by atoms with E-state index in [0.29, 0.717) is 113 Å². The van der Waals surface area contributed by atoms with Gasteiger partial charge in [-0.1, -0.05) is 104 Å². The quantitative estimate of drug-likeness (QED) is 0.0581. The van der Waals surface area contributed by atoms with Gasteiger partial charge in [0.05, 0.1) is 86.7 Å². The molecule has 0 saturated heterocycles. The number of hydrogen-bond acceptors (Lipinski definition) is 20. The van der Waals surface area contributed by atoms with E-state index in [1.54, 1.807) is 99.1 Å². The number of sulfone groups is 3. The molecule has 6 heterocycles. The molecule has 0 bridgehead atoms. The fourth-order valence-electron chi connectivity index (χ4n) is 12.3. The average molecular weight is 1740 g/mol. The molecule has 1 N–H and O–H groups in total. The molecule has 6 aromatic heterocycles. The summed E-state index contributed by atoms with van der Waals surface area (Å²) < 4.78 is 118. The van der Waals surface area contributed by atoms with Crippen LogP contribution in [0.2, 0.25) is 15.1 Å². The minimum Gasteiger partial charge on any atom is -0.537 e. The number of halogens is 4. The Bertz CT molecular complexity index is 6340. The molecule has 0 amide bonds. The van der Waals surface area contributed by atoms with Crippen molar-refractivity contribution in [3.8, 4) is 62.3 Å². The zero-order chi connectivity index (χ0) is 79.8. The van der Waals surface area contributed by atoms with Gasteiger partial charge in [0.15, 0.2) is 29.5 Å². The Morgan fingerprint density at radius 2 is 0.754 bits per heavy atom. The molecule has 0 aliphatic rings. The molecule has 32 heteroatoms. The van der Waals surface area contributed by atoms with E-state index in [9.17, 15) is 39.6 Å². The van der Waals surface area contributed by atoms with Gasteiger partial charge in [0, 0.05) is 72.1 Å². The summed E-state index contributed by atoms with van der Waals surface area (Å²) in [6.45, 7) is 5.81. The Morgan fingerprint density at radius 1 is 0.421 bits per heavy atom. The largest absolute Gasteiger partial charge is 0.569 e. The Hall–Kier alpha value is -10.9. The minimum absolute atomic E-state index is 0. The van der Waals surface area contributed by atoms with E-state index in [2.05, 4.69) is 36.1 Å². The van der Waals surface area contributed by atoms with Crippen molar-refractivity contribution >= 4 is 131 Å². The number of nitrogens with zero attached hydrogens (tertiary/aromatic N) is 6. The summed E-state index contributed by atoms with van der Waals surface area (Å²) in [6.07, 6.45) is 3.99. The van der Waals surface area contributed by atoms with Crippen molar-refractivity contribution < 1.29 is 62.7 Å². The molecule has 1 radical (unpaired) electrons. The van der Waals surface area contributed by atoms with Crippen LogP contribution in [0.4, 0.5) is 0 Å². The molecular weight excluding hydrogens is 1670 g/mol. The molecule has 0 fully saturated rings. The molecule has 585 valence electrons. The number of fused-ring (bicyclic) bond motifs is 3. The number of methoxy groups -OCH3 is 3. The van der Waals surface area contributed by atoms with Crippen LogP contribution >= 0.6 is 60.6 Å². The van der Waals surface area contributed by atoms with Crippen molar-refractivity contribution in [2.24, 2.45) is 0 Å². The first-order chi connectivity index (χ1) is 53.6. The molecule has 0 aliphatic heterocycles. The monoisotopic (exact) mass is 1730 g/mol. The van der Waals surface area contributed by atoms with E-state index in [-0.39, 0.29) is 65.9 Å². The van der Waals surface area contributed by atoms with Gasteiger partial charge < -0.3 is 37.5 Å². The predicted molar refractivity (Wildman–Crippen MR) is 451 cm³/mol. The lowest BCUT2D eigenvalue weighted by atomic mass is 9.99. The maximum absolute atomic E-state index is 13.1. The van der Waals surface area contributed by atoms with Crippen LogP contribution in [0.3, 0.4) is 0 Å². The Labute approximate surface area is 682 Å². The Kier molecular flexibility index (Phi) is 27.7. The van der Waals surface area contributed by atoms with Crippen molar-refractivity contribution in [2.75, 3.05) is 21.3 Å². The third-order valence-electron chi connectivity index (χ3n) is 17.7. The van der Waals surface area contributed by atoms with E-state index < -0.39 is 29.5 Å². The van der Waals surface area contributed by atoms with Gasteiger partial charge in [-0.2, -0.15) is 9.90 Å². The van der Waals surface area contributed by atoms with E-state index in [1.165, 1.54) is 94.2 Å². The third kappa shape index (κ3) is 19.5. The maximum Gasteiger partial charge on any atom is 0.569 e. The second-order valence-corrected chi connectivity index (χ2v) is 33.2. The molecule has 114 heavy (non-hydrogen) atoms. The van der Waals surface area contributed by atoms with Crippen LogP contribution in [0.25, 0.3) is 72.0 Å². The first kappa shape index (κ1) is 85.5. The van der Waals surface area contributed by atoms with Gasteiger partial charge in [0.25, 0.3) is 16.7 Å². The highest BCUT2D eigenvalue weighted by molar-refractivity contribution is 9.10. The van der Waals surface area contributed by atoms with E-state index in [0.717, 1.165) is 43.4 Å². The van der Waals surface area contributed by atoms with Crippen LogP contribution in [0.5, 0.6) is 23.0 Å². The van der Waals surface area contributed by atoms with E-state index in [4.69, 9.17) is 67.6 Å². The molecule has 0 spiro atoms. The van der Waals surface area contributed by atoms with Crippen LogP contribution in [-0.4, -0.2) is 88.5 Å². The van der Waals surface area contributed by atoms with Gasteiger partial charge in [0.1, 0.15) is 59.0 Å². The number of aromatic nitrogens is 6. The molecule has 1 unspecified atom stereocenters. The first-order valence-corrected chi connectivity index (χ1v) is 40.5. The third-order valence-corrected chi connectivity index (χ3v) is 24.2. The van der Waals surface area contributed by atoms with Crippen LogP contribution in [0.15, 0.2) is 284 Å². The smallest absolute Gasteiger partial charge is 0.537 e. The lowest BCUT2D eigenvalue weighted by Gasteiger charge is -2.17. The lowest BCUT2D eigenvalue weighted by Crippen LogP contribution is -2.18. The molecule has 0 saturated carbocycles. The highest BCUT2D eigenvalue weighted by Crippen LogP contribution is 2.39. The summed E-state index contributed by atoms with van der Waals surface area (Å²) in [4.78, 5) is 39.3. The molecular formula is C82H71BBrCl3N6O17PS3. The zero-order valence-corrected chi connectivity index (χ0v) is 68.5. The maximum atomic E-state index is 13.1. The van der Waals surface area contributed by atoms with Gasteiger partial charge >= 0.3 is 7.69 Å².